The van der Waals surface area contributed by atoms with Crippen molar-refractivity contribution < 1.29 is 19.3 Å². The number of aliphatic hydroxyl groups is 1. The molecule has 26 heavy (non-hydrogen) atoms. The lowest BCUT2D eigenvalue weighted by Gasteiger charge is -2.50. The van der Waals surface area contributed by atoms with Crippen LogP contribution in [0.15, 0.2) is 18.2 Å². The SMILES string of the molecule is CCOCCOC(CN1c2ccc(N)cc2CC(C)C1(C)C)OCCO. The summed E-state index contributed by atoms with van der Waals surface area (Å²) in [5, 5.41) is 9.13. The van der Waals surface area contributed by atoms with E-state index in [9.17, 15) is 0 Å². The Balaban J connectivity index is 2.18. The third-order valence-corrected chi connectivity index (χ3v) is 5.28. The Morgan fingerprint density at radius 2 is 2.00 bits per heavy atom. The Morgan fingerprint density at radius 1 is 1.27 bits per heavy atom. The van der Waals surface area contributed by atoms with E-state index in [-0.39, 0.29) is 18.8 Å². The van der Waals surface area contributed by atoms with Crippen molar-refractivity contribution in [2.45, 2.75) is 45.9 Å². The van der Waals surface area contributed by atoms with E-state index in [0.29, 0.717) is 32.3 Å². The van der Waals surface area contributed by atoms with Crippen LogP contribution in [-0.4, -0.2) is 56.5 Å². The van der Waals surface area contributed by atoms with Crippen LogP contribution in [0, 0.1) is 5.92 Å². The Labute approximate surface area is 157 Å². The van der Waals surface area contributed by atoms with Gasteiger partial charge in [0, 0.05) is 23.5 Å². The van der Waals surface area contributed by atoms with Crippen LogP contribution in [0.2, 0.25) is 0 Å². The average molecular weight is 367 g/mol. The van der Waals surface area contributed by atoms with Gasteiger partial charge < -0.3 is 30.0 Å². The number of hydrogen-bond donors (Lipinski definition) is 2. The van der Waals surface area contributed by atoms with Crippen molar-refractivity contribution in [2.24, 2.45) is 5.92 Å². The third-order valence-electron chi connectivity index (χ3n) is 5.28. The molecule has 2 rings (SSSR count). The highest BCUT2D eigenvalue weighted by Crippen LogP contribution is 2.41. The minimum Gasteiger partial charge on any atom is -0.399 e. The van der Waals surface area contributed by atoms with Crippen LogP contribution in [0.5, 0.6) is 0 Å². The number of fused-ring (bicyclic) bond motifs is 1. The second kappa shape index (κ2) is 9.55. The van der Waals surface area contributed by atoms with Crippen LogP contribution in [0.4, 0.5) is 11.4 Å². The number of benzene rings is 1. The molecule has 1 aliphatic rings. The van der Waals surface area contributed by atoms with Crippen molar-refractivity contribution >= 4 is 11.4 Å². The highest BCUT2D eigenvalue weighted by Gasteiger charge is 2.39. The highest BCUT2D eigenvalue weighted by molar-refractivity contribution is 5.63. The fourth-order valence-electron chi connectivity index (χ4n) is 3.39. The van der Waals surface area contributed by atoms with Crippen molar-refractivity contribution in [1.29, 1.82) is 0 Å². The second-order valence-electron chi connectivity index (χ2n) is 7.35. The van der Waals surface area contributed by atoms with E-state index in [2.05, 4.69) is 37.8 Å². The fraction of sp³-hybridized carbons (Fsp3) is 0.700. The van der Waals surface area contributed by atoms with E-state index in [1.54, 1.807) is 0 Å². The molecule has 6 nitrogen and oxygen atoms in total. The van der Waals surface area contributed by atoms with Gasteiger partial charge in [-0.1, -0.05) is 6.92 Å². The Bertz CT molecular complexity index is 565. The predicted octanol–water partition coefficient (Wildman–Crippen LogP) is 2.43. The summed E-state index contributed by atoms with van der Waals surface area (Å²) in [5.41, 5.74) is 9.16. The van der Waals surface area contributed by atoms with Gasteiger partial charge in [0.1, 0.15) is 0 Å². The molecule has 0 amide bonds. The van der Waals surface area contributed by atoms with Crippen molar-refractivity contribution in [3.05, 3.63) is 23.8 Å². The number of nitrogens with zero attached hydrogens (tertiary/aromatic N) is 1. The van der Waals surface area contributed by atoms with Crippen LogP contribution in [0.3, 0.4) is 0 Å². The molecule has 1 aliphatic heterocycles. The zero-order chi connectivity index (χ0) is 19.2. The third kappa shape index (κ3) is 5.10. The molecule has 2 unspecified atom stereocenters. The van der Waals surface area contributed by atoms with Gasteiger partial charge in [-0.05, 0) is 56.9 Å². The van der Waals surface area contributed by atoms with E-state index < -0.39 is 6.29 Å². The van der Waals surface area contributed by atoms with Crippen molar-refractivity contribution in [1.82, 2.24) is 0 Å². The summed E-state index contributed by atoms with van der Waals surface area (Å²) in [4.78, 5) is 2.35. The molecule has 148 valence electrons. The smallest absolute Gasteiger partial charge is 0.175 e. The summed E-state index contributed by atoms with van der Waals surface area (Å²) >= 11 is 0. The second-order valence-corrected chi connectivity index (χ2v) is 7.35. The maximum Gasteiger partial charge on any atom is 0.175 e. The Hall–Kier alpha value is -1.34. The van der Waals surface area contributed by atoms with Gasteiger partial charge >= 0.3 is 0 Å². The monoisotopic (exact) mass is 366 g/mol. The number of hydrogen-bond acceptors (Lipinski definition) is 6. The lowest BCUT2D eigenvalue weighted by Crippen LogP contribution is -2.55. The first-order chi connectivity index (χ1) is 12.4. The fourth-order valence-corrected chi connectivity index (χ4v) is 3.39. The van der Waals surface area contributed by atoms with Gasteiger partial charge in [0.25, 0.3) is 0 Å². The normalized spacial score (nSPS) is 20.0. The summed E-state index contributed by atoms with van der Waals surface area (Å²) in [6.45, 7) is 11.2. The van der Waals surface area contributed by atoms with Gasteiger partial charge in [0.15, 0.2) is 6.29 Å². The van der Waals surface area contributed by atoms with E-state index >= 15 is 0 Å². The van der Waals surface area contributed by atoms with Gasteiger partial charge in [0.2, 0.25) is 0 Å². The summed E-state index contributed by atoms with van der Waals surface area (Å²) in [6.07, 6.45) is 0.564. The summed E-state index contributed by atoms with van der Waals surface area (Å²) in [6, 6.07) is 6.09. The molecule has 2 atom stereocenters. The van der Waals surface area contributed by atoms with E-state index in [0.717, 1.165) is 12.1 Å². The zero-order valence-electron chi connectivity index (χ0n) is 16.5. The van der Waals surface area contributed by atoms with E-state index in [1.165, 1.54) is 11.3 Å². The van der Waals surface area contributed by atoms with Crippen LogP contribution in [0.1, 0.15) is 33.3 Å². The van der Waals surface area contributed by atoms with Crippen LogP contribution < -0.4 is 10.6 Å². The molecule has 0 aromatic heterocycles. The molecule has 1 aromatic rings. The standard InChI is InChI=1S/C20H34N2O4/c1-5-24-10-11-26-19(25-9-8-23)14-22-18-7-6-17(21)13-16(18)12-15(2)20(22,3)4/h6-7,13,15,19,23H,5,8-12,14,21H2,1-4H3. The lowest BCUT2D eigenvalue weighted by atomic mass is 9.78. The quantitative estimate of drug-likeness (QED) is 0.376. The van der Waals surface area contributed by atoms with Crippen LogP contribution in [-0.2, 0) is 20.6 Å². The van der Waals surface area contributed by atoms with Crippen molar-refractivity contribution in [3.8, 4) is 0 Å². The van der Waals surface area contributed by atoms with Crippen molar-refractivity contribution in [3.63, 3.8) is 0 Å². The minimum atomic E-state index is -0.433. The average Bonchev–Trinajstić information content (AvgIpc) is 2.60. The number of anilines is 2. The molecule has 1 aromatic carbocycles. The number of nitrogens with two attached hydrogens (primary N) is 1. The molecule has 0 radical (unpaired) electrons. The topological polar surface area (TPSA) is 77.2 Å². The number of ether oxygens (including phenoxy) is 3. The molecular weight excluding hydrogens is 332 g/mol. The summed E-state index contributed by atoms with van der Waals surface area (Å²) < 4.78 is 17.0. The van der Waals surface area contributed by atoms with E-state index in [4.69, 9.17) is 25.1 Å². The first-order valence-electron chi connectivity index (χ1n) is 9.48. The van der Waals surface area contributed by atoms with Crippen molar-refractivity contribution in [2.75, 3.05) is 50.2 Å². The maximum absolute atomic E-state index is 9.13. The number of aliphatic hydroxyl groups excluding tert-OH is 1. The number of rotatable bonds is 10. The highest BCUT2D eigenvalue weighted by atomic mass is 16.7. The largest absolute Gasteiger partial charge is 0.399 e. The minimum absolute atomic E-state index is 0.0295. The molecule has 3 N–H and O–H groups in total. The van der Waals surface area contributed by atoms with Gasteiger partial charge in [0.05, 0.1) is 33.0 Å². The molecule has 1 heterocycles. The van der Waals surface area contributed by atoms with Crippen LogP contribution >= 0.6 is 0 Å². The molecule has 0 aliphatic carbocycles. The summed E-state index contributed by atoms with van der Waals surface area (Å²) in [7, 11) is 0. The first kappa shape index (κ1) is 21.0. The van der Waals surface area contributed by atoms with E-state index in [1.807, 2.05) is 13.0 Å². The van der Waals surface area contributed by atoms with Gasteiger partial charge in [-0.3, -0.25) is 0 Å². The van der Waals surface area contributed by atoms with Gasteiger partial charge in [-0.15, -0.1) is 0 Å². The molecular formula is C20H34N2O4. The molecule has 0 fully saturated rings. The molecule has 0 saturated heterocycles. The molecule has 0 spiro atoms. The zero-order valence-corrected chi connectivity index (χ0v) is 16.5. The molecule has 0 saturated carbocycles. The lowest BCUT2D eigenvalue weighted by molar-refractivity contribution is -0.150. The predicted molar refractivity (Wildman–Crippen MR) is 104 cm³/mol. The summed E-state index contributed by atoms with van der Waals surface area (Å²) in [5.74, 6) is 0.457. The van der Waals surface area contributed by atoms with Gasteiger partial charge in [-0.2, -0.15) is 0 Å². The van der Waals surface area contributed by atoms with Gasteiger partial charge in [-0.25, -0.2) is 0 Å². The molecule has 6 heteroatoms. The maximum atomic E-state index is 9.13. The Morgan fingerprint density at radius 3 is 2.69 bits per heavy atom. The Kier molecular flexibility index (Phi) is 7.70. The van der Waals surface area contributed by atoms with Crippen LogP contribution in [0.25, 0.3) is 0 Å². The molecule has 0 bridgehead atoms. The number of nitrogen functional groups attached to an aromatic ring is 1. The first-order valence-corrected chi connectivity index (χ1v) is 9.48.